The lowest BCUT2D eigenvalue weighted by atomic mass is 9.96. The smallest absolute Gasteiger partial charge is 0.254 e. The van der Waals surface area contributed by atoms with Gasteiger partial charge in [-0.15, -0.1) is 0 Å². The molecule has 0 aromatic heterocycles. The Labute approximate surface area is 158 Å². The monoisotopic (exact) mass is 363 g/mol. The molecule has 1 saturated heterocycles. The number of nitrogens with zero attached hydrogens (tertiary/aromatic N) is 3. The molecular formula is C21H21N3O3. The second-order valence-corrected chi connectivity index (χ2v) is 6.48. The highest BCUT2D eigenvalue weighted by Gasteiger charge is 2.33. The number of hydrogen-bond donors (Lipinski definition) is 1. The van der Waals surface area contributed by atoms with Crippen LogP contribution in [0.2, 0.25) is 0 Å². The molecule has 0 spiro atoms. The third-order valence-electron chi connectivity index (χ3n) is 4.85. The van der Waals surface area contributed by atoms with Crippen molar-refractivity contribution in [3.63, 3.8) is 0 Å². The van der Waals surface area contributed by atoms with Gasteiger partial charge in [0.05, 0.1) is 36.5 Å². The molecule has 1 heterocycles. The summed E-state index contributed by atoms with van der Waals surface area (Å²) in [5, 5.41) is 22.7. The predicted molar refractivity (Wildman–Crippen MR) is 102 cm³/mol. The minimum atomic E-state index is -0.291. The van der Waals surface area contributed by atoms with Crippen molar-refractivity contribution in [1.29, 1.82) is 5.26 Å². The van der Waals surface area contributed by atoms with Crippen LogP contribution < -0.4 is 0 Å². The molecule has 1 amide bonds. The highest BCUT2D eigenvalue weighted by molar-refractivity contribution is 6.00. The normalized spacial score (nSPS) is 17.8. The van der Waals surface area contributed by atoms with E-state index in [1.807, 2.05) is 31.2 Å². The fourth-order valence-corrected chi connectivity index (χ4v) is 3.40. The first-order valence-corrected chi connectivity index (χ1v) is 8.70. The molecule has 1 fully saturated rings. The van der Waals surface area contributed by atoms with Crippen molar-refractivity contribution in [2.75, 3.05) is 20.3 Å². The van der Waals surface area contributed by atoms with E-state index in [0.29, 0.717) is 24.1 Å². The Balaban J connectivity index is 1.84. The molecule has 2 aromatic rings. The number of oxime groups is 1. The summed E-state index contributed by atoms with van der Waals surface area (Å²) >= 11 is 0. The zero-order chi connectivity index (χ0) is 19.4. The van der Waals surface area contributed by atoms with Gasteiger partial charge in [-0.05, 0) is 41.8 Å². The number of aliphatic hydroxyl groups excluding tert-OH is 1. The Kier molecular flexibility index (Phi) is 5.53. The van der Waals surface area contributed by atoms with Crippen molar-refractivity contribution in [2.24, 2.45) is 5.16 Å². The Morgan fingerprint density at radius 2 is 2.07 bits per heavy atom. The fraction of sp³-hybridized carbons (Fsp3) is 0.286. The van der Waals surface area contributed by atoms with Gasteiger partial charge in [0.2, 0.25) is 0 Å². The highest BCUT2D eigenvalue weighted by Crippen LogP contribution is 2.26. The number of likely N-dealkylation sites (tertiary alicyclic amines) is 1. The summed E-state index contributed by atoms with van der Waals surface area (Å²) in [5.41, 5.74) is 4.76. The van der Waals surface area contributed by atoms with Crippen LogP contribution in [-0.2, 0) is 4.84 Å². The molecule has 6 nitrogen and oxygen atoms in total. The molecular weight excluding hydrogens is 342 g/mol. The van der Waals surface area contributed by atoms with Gasteiger partial charge in [-0.1, -0.05) is 29.4 Å². The molecule has 0 radical (unpaired) electrons. The third-order valence-corrected chi connectivity index (χ3v) is 4.85. The van der Waals surface area contributed by atoms with Crippen LogP contribution in [0.15, 0.2) is 47.6 Å². The first-order chi connectivity index (χ1) is 13.1. The van der Waals surface area contributed by atoms with E-state index < -0.39 is 0 Å². The van der Waals surface area contributed by atoms with Crippen molar-refractivity contribution in [3.8, 4) is 17.2 Å². The van der Waals surface area contributed by atoms with E-state index in [1.165, 1.54) is 7.11 Å². The van der Waals surface area contributed by atoms with Crippen LogP contribution in [0.4, 0.5) is 0 Å². The summed E-state index contributed by atoms with van der Waals surface area (Å²) in [6, 6.07) is 14.8. The maximum absolute atomic E-state index is 12.9. The maximum atomic E-state index is 12.9. The van der Waals surface area contributed by atoms with E-state index >= 15 is 0 Å². The van der Waals surface area contributed by atoms with E-state index in [-0.39, 0.29) is 18.6 Å². The van der Waals surface area contributed by atoms with E-state index in [2.05, 4.69) is 11.2 Å². The number of carbonyl (C=O) groups is 1. The first kappa shape index (κ1) is 18.6. The number of carbonyl (C=O) groups excluding carboxylic acids is 1. The number of nitriles is 1. The number of amides is 1. The molecule has 1 atom stereocenters. The maximum Gasteiger partial charge on any atom is 0.254 e. The van der Waals surface area contributed by atoms with Crippen molar-refractivity contribution < 1.29 is 14.7 Å². The fourth-order valence-electron chi connectivity index (χ4n) is 3.40. The van der Waals surface area contributed by atoms with Crippen molar-refractivity contribution in [2.45, 2.75) is 19.4 Å². The minimum Gasteiger partial charge on any atom is -0.399 e. The van der Waals surface area contributed by atoms with Gasteiger partial charge in [0.15, 0.2) is 0 Å². The second kappa shape index (κ2) is 8.02. The summed E-state index contributed by atoms with van der Waals surface area (Å²) in [6.45, 7) is 2.15. The van der Waals surface area contributed by atoms with Crippen LogP contribution in [0.3, 0.4) is 0 Å². The Bertz CT molecular complexity index is 913. The van der Waals surface area contributed by atoms with Crippen LogP contribution in [0, 0.1) is 18.3 Å². The molecule has 1 aliphatic heterocycles. The van der Waals surface area contributed by atoms with E-state index in [9.17, 15) is 15.2 Å². The van der Waals surface area contributed by atoms with Gasteiger partial charge in [-0.25, -0.2) is 0 Å². The zero-order valence-electron chi connectivity index (χ0n) is 15.3. The molecule has 0 aliphatic carbocycles. The van der Waals surface area contributed by atoms with Gasteiger partial charge in [0, 0.05) is 12.0 Å². The Hall–Kier alpha value is -3.17. The number of aliphatic hydroxyl groups is 1. The summed E-state index contributed by atoms with van der Waals surface area (Å²) in [4.78, 5) is 19.3. The predicted octanol–water partition coefficient (Wildman–Crippen LogP) is 2.74. The van der Waals surface area contributed by atoms with Crippen LogP contribution in [0.5, 0.6) is 0 Å². The van der Waals surface area contributed by atoms with Crippen molar-refractivity contribution in [3.05, 3.63) is 59.2 Å². The summed E-state index contributed by atoms with van der Waals surface area (Å²) in [6.07, 6.45) is 0.508. The number of rotatable bonds is 4. The summed E-state index contributed by atoms with van der Waals surface area (Å²) < 4.78 is 0. The lowest BCUT2D eigenvalue weighted by Crippen LogP contribution is -2.37. The lowest BCUT2D eigenvalue weighted by molar-refractivity contribution is 0.0680. The largest absolute Gasteiger partial charge is 0.399 e. The number of hydrogen-bond acceptors (Lipinski definition) is 5. The Morgan fingerprint density at radius 3 is 2.70 bits per heavy atom. The molecule has 1 N–H and O–H groups in total. The quantitative estimate of drug-likeness (QED) is 0.847. The molecule has 0 bridgehead atoms. The molecule has 1 aliphatic rings. The molecule has 138 valence electrons. The van der Waals surface area contributed by atoms with Crippen molar-refractivity contribution >= 4 is 11.6 Å². The van der Waals surface area contributed by atoms with Gasteiger partial charge in [0.25, 0.3) is 5.91 Å². The lowest BCUT2D eigenvalue weighted by Gasteiger charge is -2.22. The highest BCUT2D eigenvalue weighted by atomic mass is 16.6. The van der Waals surface area contributed by atoms with Gasteiger partial charge in [0.1, 0.15) is 7.11 Å². The third kappa shape index (κ3) is 3.69. The zero-order valence-corrected chi connectivity index (χ0v) is 15.3. The van der Waals surface area contributed by atoms with Gasteiger partial charge < -0.3 is 14.8 Å². The van der Waals surface area contributed by atoms with E-state index in [4.69, 9.17) is 4.84 Å². The molecule has 1 unspecified atom stereocenters. The topological polar surface area (TPSA) is 85.9 Å². The average Bonchev–Trinajstić information content (AvgIpc) is 3.11. The van der Waals surface area contributed by atoms with E-state index in [1.54, 1.807) is 23.1 Å². The van der Waals surface area contributed by atoms with Crippen LogP contribution in [-0.4, -0.2) is 47.9 Å². The number of benzene rings is 2. The van der Waals surface area contributed by atoms with Gasteiger partial charge in [-0.2, -0.15) is 5.26 Å². The van der Waals surface area contributed by atoms with Gasteiger partial charge in [-0.3, -0.25) is 4.79 Å². The van der Waals surface area contributed by atoms with Crippen molar-refractivity contribution in [1.82, 2.24) is 4.90 Å². The molecule has 2 aromatic carbocycles. The standard InChI is InChI=1S/C21H21N3O3/c1-14-17(11-22)4-3-5-20(14)15-6-8-16(9-7-15)21(26)24-12-18(23-27-2)10-19(24)13-25/h3-9,19,25H,10,12-13H2,1-2H3/b23-18-. The van der Waals surface area contributed by atoms with Crippen LogP contribution >= 0.6 is 0 Å². The molecule has 27 heavy (non-hydrogen) atoms. The van der Waals surface area contributed by atoms with Crippen LogP contribution in [0.1, 0.15) is 27.9 Å². The summed E-state index contributed by atoms with van der Waals surface area (Å²) in [5.74, 6) is -0.149. The van der Waals surface area contributed by atoms with Gasteiger partial charge >= 0.3 is 0 Å². The van der Waals surface area contributed by atoms with E-state index in [0.717, 1.165) is 22.4 Å². The Morgan fingerprint density at radius 1 is 1.33 bits per heavy atom. The van der Waals surface area contributed by atoms with Crippen LogP contribution in [0.25, 0.3) is 11.1 Å². The first-order valence-electron chi connectivity index (χ1n) is 8.70. The molecule has 6 heteroatoms. The molecule has 0 saturated carbocycles. The molecule has 3 rings (SSSR count). The second-order valence-electron chi connectivity index (χ2n) is 6.48. The average molecular weight is 363 g/mol. The minimum absolute atomic E-state index is 0.118. The summed E-state index contributed by atoms with van der Waals surface area (Å²) in [7, 11) is 1.47. The SMILES string of the molecule is CO/N=C1/CC(CO)N(C(=O)c2ccc(-c3cccc(C#N)c3C)cc2)C1.